The van der Waals surface area contributed by atoms with Crippen LogP contribution in [0.15, 0.2) is 35.3 Å². The van der Waals surface area contributed by atoms with Crippen LogP contribution in [-0.4, -0.2) is 63.4 Å². The van der Waals surface area contributed by atoms with E-state index in [1.165, 1.54) is 4.90 Å². The lowest BCUT2D eigenvalue weighted by atomic mass is 9.93. The number of likely N-dealkylation sites (tertiary alicyclic amines) is 1. The highest BCUT2D eigenvalue weighted by atomic mass is 19.4. The van der Waals surface area contributed by atoms with E-state index < -0.39 is 12.7 Å². The maximum Gasteiger partial charge on any atom is 0.401 e. The van der Waals surface area contributed by atoms with E-state index in [4.69, 9.17) is 4.74 Å². The van der Waals surface area contributed by atoms with Crippen LogP contribution in [0.4, 0.5) is 13.2 Å². The number of alkyl halides is 3. The van der Waals surface area contributed by atoms with Gasteiger partial charge in [0.1, 0.15) is 5.75 Å². The Bertz CT molecular complexity index is 573. The molecule has 0 aromatic heterocycles. The van der Waals surface area contributed by atoms with Gasteiger partial charge in [-0.05, 0) is 56.8 Å². The average Bonchev–Trinajstić information content (AvgIpc) is 2.67. The Hall–Kier alpha value is -1.96. The van der Waals surface area contributed by atoms with Crippen LogP contribution in [0.5, 0.6) is 5.75 Å². The lowest BCUT2D eigenvalue weighted by molar-refractivity contribution is -0.148. The van der Waals surface area contributed by atoms with Crippen LogP contribution in [0.2, 0.25) is 0 Å². The molecule has 0 atom stereocenters. The van der Waals surface area contributed by atoms with Gasteiger partial charge in [-0.1, -0.05) is 18.2 Å². The average molecular weight is 400 g/mol. The van der Waals surface area contributed by atoms with Gasteiger partial charge in [-0.2, -0.15) is 13.2 Å². The van der Waals surface area contributed by atoms with Crippen molar-refractivity contribution < 1.29 is 17.9 Å². The summed E-state index contributed by atoms with van der Waals surface area (Å²) in [5.41, 5.74) is 0. The summed E-state index contributed by atoms with van der Waals surface area (Å²) in [6.07, 6.45) is -0.662. The number of ether oxygens (including phenoxy) is 1. The lowest BCUT2D eigenvalue weighted by Crippen LogP contribution is -2.41. The van der Waals surface area contributed by atoms with Gasteiger partial charge in [0, 0.05) is 20.1 Å². The highest BCUT2D eigenvalue weighted by molar-refractivity contribution is 5.79. The minimum Gasteiger partial charge on any atom is -0.494 e. The number of piperidine rings is 1. The van der Waals surface area contributed by atoms with E-state index in [0.717, 1.165) is 50.5 Å². The van der Waals surface area contributed by atoms with Gasteiger partial charge >= 0.3 is 6.18 Å². The van der Waals surface area contributed by atoms with E-state index in [1.807, 2.05) is 30.3 Å². The first-order valence-electron chi connectivity index (χ1n) is 9.88. The van der Waals surface area contributed by atoms with Gasteiger partial charge in [-0.25, -0.2) is 0 Å². The first kappa shape index (κ1) is 22.3. The summed E-state index contributed by atoms with van der Waals surface area (Å²) < 4.78 is 42.9. The number of hydrogen-bond acceptors (Lipinski definition) is 3. The molecular weight excluding hydrogens is 369 g/mol. The molecule has 1 fully saturated rings. The first-order valence-corrected chi connectivity index (χ1v) is 9.88. The molecule has 0 amide bonds. The van der Waals surface area contributed by atoms with Crippen molar-refractivity contribution >= 4 is 5.96 Å². The Morgan fingerprint density at radius 1 is 1.14 bits per heavy atom. The van der Waals surface area contributed by atoms with Gasteiger partial charge in [-0.3, -0.25) is 9.89 Å². The molecule has 0 aliphatic carbocycles. The number of hydrogen-bond donors (Lipinski definition) is 2. The van der Waals surface area contributed by atoms with E-state index in [2.05, 4.69) is 15.6 Å². The summed E-state index contributed by atoms with van der Waals surface area (Å²) in [5.74, 6) is 2.08. The van der Waals surface area contributed by atoms with Crippen LogP contribution in [0, 0.1) is 5.92 Å². The maximum absolute atomic E-state index is 12.4. The van der Waals surface area contributed by atoms with Crippen molar-refractivity contribution in [1.82, 2.24) is 15.5 Å². The highest BCUT2D eigenvalue weighted by Gasteiger charge is 2.32. The molecule has 28 heavy (non-hydrogen) atoms. The zero-order chi connectivity index (χ0) is 20.2. The van der Waals surface area contributed by atoms with E-state index in [0.29, 0.717) is 25.6 Å². The second-order valence-corrected chi connectivity index (χ2v) is 7.06. The van der Waals surface area contributed by atoms with E-state index >= 15 is 0 Å². The van der Waals surface area contributed by atoms with Crippen molar-refractivity contribution in [2.45, 2.75) is 31.9 Å². The van der Waals surface area contributed by atoms with Crippen LogP contribution in [0.25, 0.3) is 0 Å². The summed E-state index contributed by atoms with van der Waals surface area (Å²) in [4.78, 5) is 5.70. The molecule has 0 spiro atoms. The third kappa shape index (κ3) is 9.30. The van der Waals surface area contributed by atoms with E-state index in [-0.39, 0.29) is 0 Å². The van der Waals surface area contributed by atoms with Gasteiger partial charge in [0.05, 0.1) is 13.2 Å². The number of halogens is 3. The van der Waals surface area contributed by atoms with Gasteiger partial charge in [0.15, 0.2) is 5.96 Å². The fourth-order valence-corrected chi connectivity index (χ4v) is 3.29. The standard InChI is InChI=1S/C20H31F3N4O/c1-24-19(25-11-5-15-28-18-6-3-2-4-7-18)26-12-8-17-9-13-27(14-10-17)16-20(21,22)23/h2-4,6-7,17H,5,8-16H2,1H3,(H2,24,25,26). The molecule has 0 unspecified atom stereocenters. The maximum atomic E-state index is 12.4. The summed E-state index contributed by atoms with van der Waals surface area (Å²) >= 11 is 0. The van der Waals surface area contributed by atoms with Crippen LogP contribution < -0.4 is 15.4 Å². The molecule has 5 nitrogen and oxygen atoms in total. The first-order chi connectivity index (χ1) is 13.5. The number of rotatable bonds is 9. The lowest BCUT2D eigenvalue weighted by Gasteiger charge is -2.32. The minimum absolute atomic E-state index is 0.467. The summed E-state index contributed by atoms with van der Waals surface area (Å²) in [5, 5.41) is 6.53. The van der Waals surface area contributed by atoms with Crippen molar-refractivity contribution in [3.8, 4) is 5.75 Å². The van der Waals surface area contributed by atoms with Crippen molar-refractivity contribution in [1.29, 1.82) is 0 Å². The molecule has 0 bridgehead atoms. The van der Waals surface area contributed by atoms with Crippen LogP contribution in [-0.2, 0) is 0 Å². The smallest absolute Gasteiger partial charge is 0.401 e. The van der Waals surface area contributed by atoms with Crippen LogP contribution in [0.3, 0.4) is 0 Å². The highest BCUT2D eigenvalue weighted by Crippen LogP contribution is 2.23. The summed E-state index contributed by atoms with van der Waals surface area (Å²) in [6, 6.07) is 9.71. The molecule has 1 aliphatic heterocycles. The number of guanidine groups is 1. The number of nitrogens with zero attached hydrogens (tertiary/aromatic N) is 2. The van der Waals surface area contributed by atoms with Gasteiger partial charge in [0.2, 0.25) is 0 Å². The molecule has 2 N–H and O–H groups in total. The van der Waals surface area contributed by atoms with Crippen LogP contribution >= 0.6 is 0 Å². The predicted octanol–water partition coefficient (Wildman–Crippen LogP) is 3.28. The van der Waals surface area contributed by atoms with E-state index in [9.17, 15) is 13.2 Å². The fourth-order valence-electron chi connectivity index (χ4n) is 3.29. The van der Waals surface area contributed by atoms with Crippen LogP contribution in [0.1, 0.15) is 25.7 Å². The van der Waals surface area contributed by atoms with Crippen molar-refractivity contribution in [2.24, 2.45) is 10.9 Å². The van der Waals surface area contributed by atoms with Gasteiger partial charge in [-0.15, -0.1) is 0 Å². The zero-order valence-electron chi connectivity index (χ0n) is 16.5. The molecule has 2 rings (SSSR count). The molecule has 8 heteroatoms. The van der Waals surface area contributed by atoms with E-state index in [1.54, 1.807) is 7.05 Å². The molecule has 0 radical (unpaired) electrons. The predicted molar refractivity (Wildman–Crippen MR) is 106 cm³/mol. The summed E-state index contributed by atoms with van der Waals surface area (Å²) in [6.45, 7) is 2.41. The molecular formula is C20H31F3N4O. The zero-order valence-corrected chi connectivity index (χ0v) is 16.5. The Labute approximate surface area is 165 Å². The minimum atomic E-state index is -4.10. The van der Waals surface area contributed by atoms with Gasteiger partial charge in [0.25, 0.3) is 0 Å². The largest absolute Gasteiger partial charge is 0.494 e. The Kier molecular flexibility index (Phi) is 9.40. The SMILES string of the molecule is CN=C(NCCCOc1ccccc1)NCCC1CCN(CC(F)(F)F)CC1. The third-order valence-corrected chi connectivity index (χ3v) is 4.80. The monoisotopic (exact) mass is 400 g/mol. The molecule has 0 saturated carbocycles. The molecule has 1 saturated heterocycles. The molecule has 1 aromatic carbocycles. The summed E-state index contributed by atoms with van der Waals surface area (Å²) in [7, 11) is 1.73. The number of para-hydroxylation sites is 1. The molecule has 158 valence electrons. The number of nitrogens with one attached hydrogen (secondary N) is 2. The van der Waals surface area contributed by atoms with Crippen molar-refractivity contribution in [3.63, 3.8) is 0 Å². The Morgan fingerprint density at radius 3 is 2.46 bits per heavy atom. The number of aliphatic imine (C=N–C) groups is 1. The molecule has 1 aromatic rings. The third-order valence-electron chi connectivity index (χ3n) is 4.80. The molecule has 1 aliphatic rings. The quantitative estimate of drug-likeness (QED) is 0.379. The normalized spacial score (nSPS) is 16.8. The second kappa shape index (κ2) is 11.8. The van der Waals surface area contributed by atoms with Gasteiger partial charge < -0.3 is 15.4 Å². The fraction of sp³-hybridized carbons (Fsp3) is 0.650. The van der Waals surface area contributed by atoms with Crippen molar-refractivity contribution in [2.75, 3.05) is 46.4 Å². The number of benzene rings is 1. The molecule has 1 heterocycles. The topological polar surface area (TPSA) is 48.9 Å². The Morgan fingerprint density at radius 2 is 1.82 bits per heavy atom. The van der Waals surface area contributed by atoms with Crippen molar-refractivity contribution in [3.05, 3.63) is 30.3 Å². The second-order valence-electron chi connectivity index (χ2n) is 7.06. The Balaban J connectivity index is 1.52.